The predicted molar refractivity (Wildman–Crippen MR) is 85.2 cm³/mol. The summed E-state index contributed by atoms with van der Waals surface area (Å²) in [7, 11) is 0. The molecule has 1 amide bonds. The van der Waals surface area contributed by atoms with Crippen LogP contribution in [0.3, 0.4) is 0 Å². The van der Waals surface area contributed by atoms with Gasteiger partial charge in [-0.05, 0) is 25.3 Å². The number of hydrogen-bond donors (Lipinski definition) is 1. The molecule has 1 aliphatic rings. The van der Waals surface area contributed by atoms with E-state index in [0.29, 0.717) is 5.41 Å². The fourth-order valence-electron chi connectivity index (χ4n) is 1.97. The summed E-state index contributed by atoms with van der Waals surface area (Å²) in [6, 6.07) is -0.365. The highest BCUT2D eigenvalue weighted by Crippen LogP contribution is 2.19. The summed E-state index contributed by atoms with van der Waals surface area (Å²) in [5.41, 5.74) is 6.00. The molecular weight excluding hydrogens is 285 g/mol. The van der Waals surface area contributed by atoms with Crippen molar-refractivity contribution in [3.05, 3.63) is 0 Å². The number of nitrogens with zero attached hydrogens (tertiary/aromatic N) is 2. The Bertz CT molecular complexity index is 259. The lowest BCUT2D eigenvalue weighted by Gasteiger charge is -2.36. The highest BCUT2D eigenvalue weighted by molar-refractivity contribution is 5.85. The largest absolute Gasteiger partial charge is 0.339 e. The van der Waals surface area contributed by atoms with E-state index in [-0.39, 0.29) is 36.8 Å². The topological polar surface area (TPSA) is 49.6 Å². The molecule has 6 heteroatoms. The van der Waals surface area contributed by atoms with E-state index in [2.05, 4.69) is 25.7 Å². The normalized spacial score (nSPS) is 18.3. The van der Waals surface area contributed by atoms with Gasteiger partial charge in [0, 0.05) is 26.2 Å². The summed E-state index contributed by atoms with van der Waals surface area (Å²) in [6.45, 7) is 13.3. The molecule has 0 saturated carbocycles. The minimum atomic E-state index is -0.365. The maximum absolute atomic E-state index is 11.7. The molecule has 1 rings (SSSR count). The smallest absolute Gasteiger partial charge is 0.239 e. The van der Waals surface area contributed by atoms with Crippen molar-refractivity contribution in [2.24, 2.45) is 11.1 Å². The van der Waals surface area contributed by atoms with E-state index < -0.39 is 0 Å². The van der Waals surface area contributed by atoms with Gasteiger partial charge in [-0.25, -0.2) is 0 Å². The summed E-state index contributed by atoms with van der Waals surface area (Å²) in [5, 5.41) is 0. The molecule has 1 atom stereocenters. The number of amides is 1. The Morgan fingerprint density at radius 1 is 1.16 bits per heavy atom. The Kier molecular flexibility index (Phi) is 10.1. The van der Waals surface area contributed by atoms with Gasteiger partial charge in [0.2, 0.25) is 5.91 Å². The molecule has 19 heavy (non-hydrogen) atoms. The monoisotopic (exact) mass is 313 g/mol. The van der Waals surface area contributed by atoms with E-state index in [0.717, 1.165) is 32.7 Å². The fraction of sp³-hybridized carbons (Fsp3) is 0.923. The van der Waals surface area contributed by atoms with Crippen molar-refractivity contribution < 1.29 is 4.79 Å². The highest BCUT2D eigenvalue weighted by Gasteiger charge is 2.23. The van der Waals surface area contributed by atoms with Crippen molar-refractivity contribution in [3.63, 3.8) is 0 Å². The van der Waals surface area contributed by atoms with Gasteiger partial charge < -0.3 is 10.6 Å². The summed E-state index contributed by atoms with van der Waals surface area (Å²) in [5.74, 6) is 0.0838. The van der Waals surface area contributed by atoms with Crippen LogP contribution in [-0.2, 0) is 4.79 Å². The standard InChI is InChI=1S/C13H27N3O.2ClH/c1-11(14)12(17)16-9-7-15(8-10-16)6-5-13(2,3)4;;/h11H,5-10,14H2,1-4H3;2*1H/t11-;;/m1../s1. The van der Waals surface area contributed by atoms with Crippen LogP contribution in [-0.4, -0.2) is 54.5 Å². The quantitative estimate of drug-likeness (QED) is 0.863. The average molecular weight is 314 g/mol. The molecule has 0 aromatic heterocycles. The van der Waals surface area contributed by atoms with Crippen LogP contribution in [0.15, 0.2) is 0 Å². The Morgan fingerprint density at radius 3 is 2.00 bits per heavy atom. The van der Waals surface area contributed by atoms with E-state index in [4.69, 9.17) is 5.73 Å². The van der Waals surface area contributed by atoms with Gasteiger partial charge >= 0.3 is 0 Å². The molecular formula is C13H29Cl2N3O. The molecule has 0 spiro atoms. The lowest BCUT2D eigenvalue weighted by molar-refractivity contribution is -0.134. The number of piperazine rings is 1. The van der Waals surface area contributed by atoms with Crippen LogP contribution < -0.4 is 5.73 Å². The predicted octanol–water partition coefficient (Wildman–Crippen LogP) is 1.76. The lowest BCUT2D eigenvalue weighted by Crippen LogP contribution is -2.52. The molecule has 0 unspecified atom stereocenters. The van der Waals surface area contributed by atoms with Crippen LogP contribution in [0.2, 0.25) is 0 Å². The van der Waals surface area contributed by atoms with Gasteiger partial charge in [0.1, 0.15) is 0 Å². The number of nitrogens with two attached hydrogens (primary N) is 1. The Labute approximate surface area is 129 Å². The molecule has 1 heterocycles. The minimum Gasteiger partial charge on any atom is -0.339 e. The Hall–Kier alpha value is -0.0300. The number of carbonyl (C=O) groups is 1. The molecule has 116 valence electrons. The van der Waals surface area contributed by atoms with Crippen molar-refractivity contribution in [2.45, 2.75) is 40.2 Å². The number of hydrogen-bond acceptors (Lipinski definition) is 3. The fourth-order valence-corrected chi connectivity index (χ4v) is 1.97. The van der Waals surface area contributed by atoms with E-state index in [9.17, 15) is 4.79 Å². The molecule has 0 bridgehead atoms. The van der Waals surface area contributed by atoms with Gasteiger partial charge in [0.25, 0.3) is 0 Å². The first-order valence-electron chi connectivity index (χ1n) is 6.56. The number of halogens is 2. The SMILES string of the molecule is C[C@@H](N)C(=O)N1CCN(CCC(C)(C)C)CC1.Cl.Cl. The second-order valence-electron chi connectivity index (χ2n) is 6.27. The van der Waals surface area contributed by atoms with Crippen LogP contribution in [0.5, 0.6) is 0 Å². The van der Waals surface area contributed by atoms with E-state index in [1.165, 1.54) is 6.42 Å². The van der Waals surface area contributed by atoms with E-state index in [1.807, 2.05) is 4.90 Å². The Morgan fingerprint density at radius 2 is 1.63 bits per heavy atom. The van der Waals surface area contributed by atoms with Crippen LogP contribution >= 0.6 is 24.8 Å². The molecule has 1 saturated heterocycles. The zero-order valence-electron chi connectivity index (χ0n) is 12.5. The first-order valence-corrected chi connectivity index (χ1v) is 6.56. The number of rotatable bonds is 3. The summed E-state index contributed by atoms with van der Waals surface area (Å²) in [4.78, 5) is 16.0. The third kappa shape index (κ3) is 7.98. The molecule has 0 aromatic carbocycles. The van der Waals surface area contributed by atoms with Gasteiger partial charge in [-0.3, -0.25) is 9.69 Å². The second kappa shape index (κ2) is 9.01. The van der Waals surface area contributed by atoms with Crippen LogP contribution in [0, 0.1) is 5.41 Å². The van der Waals surface area contributed by atoms with E-state index in [1.54, 1.807) is 6.92 Å². The maximum atomic E-state index is 11.7. The van der Waals surface area contributed by atoms with Gasteiger partial charge in [-0.2, -0.15) is 0 Å². The Balaban J connectivity index is 0. The second-order valence-corrected chi connectivity index (χ2v) is 6.27. The molecule has 0 radical (unpaired) electrons. The zero-order chi connectivity index (χ0) is 13.1. The average Bonchev–Trinajstić information content (AvgIpc) is 2.25. The van der Waals surface area contributed by atoms with Gasteiger partial charge in [-0.15, -0.1) is 24.8 Å². The molecule has 2 N–H and O–H groups in total. The van der Waals surface area contributed by atoms with Crippen LogP contribution in [0.1, 0.15) is 34.1 Å². The van der Waals surface area contributed by atoms with E-state index >= 15 is 0 Å². The van der Waals surface area contributed by atoms with Gasteiger partial charge in [-0.1, -0.05) is 20.8 Å². The van der Waals surface area contributed by atoms with Crippen molar-refractivity contribution >= 4 is 30.7 Å². The third-order valence-electron chi connectivity index (χ3n) is 3.25. The molecule has 0 aromatic rings. The van der Waals surface area contributed by atoms with Crippen molar-refractivity contribution in [2.75, 3.05) is 32.7 Å². The third-order valence-corrected chi connectivity index (χ3v) is 3.25. The highest BCUT2D eigenvalue weighted by atomic mass is 35.5. The maximum Gasteiger partial charge on any atom is 0.239 e. The zero-order valence-corrected chi connectivity index (χ0v) is 14.1. The summed E-state index contributed by atoms with van der Waals surface area (Å²) in [6.07, 6.45) is 1.20. The van der Waals surface area contributed by atoms with Crippen molar-refractivity contribution in [3.8, 4) is 0 Å². The molecule has 4 nitrogen and oxygen atoms in total. The number of carbonyl (C=O) groups excluding carboxylic acids is 1. The van der Waals surface area contributed by atoms with Gasteiger partial charge in [0.15, 0.2) is 0 Å². The van der Waals surface area contributed by atoms with Gasteiger partial charge in [0.05, 0.1) is 6.04 Å². The molecule has 1 fully saturated rings. The van der Waals surface area contributed by atoms with Crippen LogP contribution in [0.4, 0.5) is 0 Å². The minimum absolute atomic E-state index is 0. The lowest BCUT2D eigenvalue weighted by atomic mass is 9.92. The van der Waals surface area contributed by atoms with Crippen molar-refractivity contribution in [1.29, 1.82) is 0 Å². The first kappa shape index (κ1) is 21.3. The summed E-state index contributed by atoms with van der Waals surface area (Å²) < 4.78 is 0. The first-order chi connectivity index (χ1) is 7.79. The van der Waals surface area contributed by atoms with Crippen molar-refractivity contribution in [1.82, 2.24) is 9.80 Å². The molecule has 1 aliphatic heterocycles. The summed E-state index contributed by atoms with van der Waals surface area (Å²) >= 11 is 0. The molecule has 0 aliphatic carbocycles. The van der Waals surface area contributed by atoms with Crippen LogP contribution in [0.25, 0.3) is 0 Å².